The average molecular weight is 445 g/mol. The molecular weight excluding hydrogens is 424 g/mol. The molecule has 0 saturated heterocycles. The zero-order valence-corrected chi connectivity index (χ0v) is 18.4. The fourth-order valence-electron chi connectivity index (χ4n) is 3.14. The third-order valence-corrected chi connectivity index (χ3v) is 5.79. The van der Waals surface area contributed by atoms with Gasteiger partial charge in [0.2, 0.25) is 0 Å². The molecule has 1 aromatic carbocycles. The summed E-state index contributed by atoms with van der Waals surface area (Å²) in [4.78, 5) is 27.8. The second-order valence-corrected chi connectivity index (χ2v) is 7.92. The van der Waals surface area contributed by atoms with Crippen molar-refractivity contribution in [3.8, 4) is 11.4 Å². The molecule has 0 fully saturated rings. The minimum Gasteiger partial charge on any atom is -0.465 e. The molecule has 0 unspecified atom stereocenters. The number of ether oxygens (including phenoxy) is 1. The summed E-state index contributed by atoms with van der Waals surface area (Å²) in [5.74, 6) is 0.196. The number of ketones is 1. The highest BCUT2D eigenvalue weighted by Gasteiger charge is 2.23. The molecule has 156 valence electrons. The molecule has 2 aromatic heterocycles. The maximum Gasteiger partial charge on any atom is 0.339 e. The Morgan fingerprint density at radius 2 is 1.97 bits per heavy atom. The molecule has 3 rings (SSSR count). The molecule has 7 nitrogen and oxygen atoms in total. The minimum atomic E-state index is -0.466. The van der Waals surface area contributed by atoms with Crippen LogP contribution in [-0.2, 0) is 11.3 Å². The van der Waals surface area contributed by atoms with Gasteiger partial charge in [-0.25, -0.2) is 4.79 Å². The summed E-state index contributed by atoms with van der Waals surface area (Å²) in [7, 11) is 1.32. The van der Waals surface area contributed by atoms with Gasteiger partial charge in [0, 0.05) is 22.8 Å². The monoisotopic (exact) mass is 444 g/mol. The van der Waals surface area contributed by atoms with Crippen molar-refractivity contribution in [2.75, 3.05) is 12.9 Å². The van der Waals surface area contributed by atoms with Gasteiger partial charge in [-0.3, -0.25) is 9.36 Å². The van der Waals surface area contributed by atoms with Crippen molar-refractivity contribution in [3.63, 3.8) is 0 Å². The first-order valence-corrected chi connectivity index (χ1v) is 10.5. The van der Waals surface area contributed by atoms with Gasteiger partial charge in [0.15, 0.2) is 16.8 Å². The number of aryl methyl sites for hydroxylation is 1. The number of allylic oxidation sites excluding steroid dienone is 1. The lowest BCUT2D eigenvalue weighted by molar-refractivity contribution is 0.0599. The maximum absolute atomic E-state index is 12.8. The summed E-state index contributed by atoms with van der Waals surface area (Å²) < 4.78 is 6.69. The van der Waals surface area contributed by atoms with Gasteiger partial charge in [-0.15, -0.1) is 16.8 Å². The number of Topliss-reactive ketones (excluding diaryl/α,β-unsaturated/α-hetero) is 1. The van der Waals surface area contributed by atoms with Crippen LogP contribution in [0.1, 0.15) is 32.1 Å². The smallest absolute Gasteiger partial charge is 0.339 e. The molecule has 0 saturated carbocycles. The number of rotatable bonds is 8. The number of aromatic nitrogens is 4. The Morgan fingerprint density at radius 1 is 1.27 bits per heavy atom. The Balaban J connectivity index is 1.82. The molecule has 0 radical (unpaired) electrons. The minimum absolute atomic E-state index is 0.136. The molecular formula is C21H21ClN4O3S. The van der Waals surface area contributed by atoms with Crippen LogP contribution in [0.5, 0.6) is 0 Å². The number of thioether (sulfide) groups is 1. The summed E-state index contributed by atoms with van der Waals surface area (Å²) in [5.41, 5.74) is 2.84. The number of nitrogens with zero attached hydrogens (tertiary/aromatic N) is 3. The number of nitrogens with one attached hydrogen (secondary N) is 1. The molecule has 0 spiro atoms. The number of benzene rings is 1. The fraction of sp³-hybridized carbons (Fsp3) is 0.238. The van der Waals surface area contributed by atoms with Gasteiger partial charge in [0.25, 0.3) is 0 Å². The van der Waals surface area contributed by atoms with Crippen molar-refractivity contribution in [1.29, 1.82) is 0 Å². The van der Waals surface area contributed by atoms with Crippen LogP contribution in [0.3, 0.4) is 0 Å². The SMILES string of the molecule is C=CCn1c(SCC(=O)c2[nH]c(C)c(C(=O)OC)c2C)nnc1-c1ccc(Cl)cc1. The third kappa shape index (κ3) is 4.34. The van der Waals surface area contributed by atoms with Crippen molar-refractivity contribution in [1.82, 2.24) is 19.7 Å². The predicted molar refractivity (Wildman–Crippen MR) is 117 cm³/mol. The van der Waals surface area contributed by atoms with Crippen LogP contribution in [0.25, 0.3) is 11.4 Å². The number of esters is 1. The van der Waals surface area contributed by atoms with Crippen LogP contribution in [0.2, 0.25) is 5.02 Å². The first kappa shape index (κ1) is 21.9. The zero-order chi connectivity index (χ0) is 21.8. The lowest BCUT2D eigenvalue weighted by atomic mass is 10.1. The van der Waals surface area contributed by atoms with Gasteiger partial charge in [-0.1, -0.05) is 29.4 Å². The summed E-state index contributed by atoms with van der Waals surface area (Å²) in [6, 6.07) is 7.31. The van der Waals surface area contributed by atoms with E-state index in [9.17, 15) is 9.59 Å². The normalized spacial score (nSPS) is 10.8. The van der Waals surface area contributed by atoms with Gasteiger partial charge < -0.3 is 9.72 Å². The van der Waals surface area contributed by atoms with Gasteiger partial charge in [0.05, 0.1) is 24.1 Å². The maximum atomic E-state index is 12.8. The largest absolute Gasteiger partial charge is 0.465 e. The quantitative estimate of drug-likeness (QED) is 0.238. The van der Waals surface area contributed by atoms with E-state index in [1.54, 1.807) is 32.1 Å². The molecule has 30 heavy (non-hydrogen) atoms. The fourth-order valence-corrected chi connectivity index (χ4v) is 4.09. The van der Waals surface area contributed by atoms with E-state index in [4.69, 9.17) is 16.3 Å². The molecule has 0 aliphatic rings. The number of carbonyl (C=O) groups excluding carboxylic acids is 2. The Morgan fingerprint density at radius 3 is 2.60 bits per heavy atom. The van der Waals surface area contributed by atoms with Crippen LogP contribution in [0.15, 0.2) is 42.1 Å². The summed E-state index contributed by atoms with van der Waals surface area (Å²) in [6.45, 7) is 7.76. The van der Waals surface area contributed by atoms with Crippen LogP contribution in [0.4, 0.5) is 0 Å². The van der Waals surface area contributed by atoms with E-state index in [1.807, 2.05) is 16.7 Å². The second kappa shape index (κ2) is 9.32. The van der Waals surface area contributed by atoms with Crippen molar-refractivity contribution >= 4 is 35.1 Å². The van der Waals surface area contributed by atoms with Crippen molar-refractivity contribution < 1.29 is 14.3 Å². The number of carbonyl (C=O) groups is 2. The van der Waals surface area contributed by atoms with Gasteiger partial charge in [-0.2, -0.15) is 0 Å². The zero-order valence-electron chi connectivity index (χ0n) is 16.9. The van der Waals surface area contributed by atoms with E-state index in [-0.39, 0.29) is 11.5 Å². The topological polar surface area (TPSA) is 89.9 Å². The van der Waals surface area contributed by atoms with E-state index in [2.05, 4.69) is 21.8 Å². The van der Waals surface area contributed by atoms with Crippen molar-refractivity contribution in [2.45, 2.75) is 25.5 Å². The molecule has 2 heterocycles. The molecule has 0 bridgehead atoms. The van der Waals surface area contributed by atoms with Gasteiger partial charge >= 0.3 is 5.97 Å². The molecule has 3 aromatic rings. The average Bonchev–Trinajstić information content (AvgIpc) is 3.26. The number of hydrogen-bond acceptors (Lipinski definition) is 6. The van der Waals surface area contributed by atoms with Crippen LogP contribution in [-0.4, -0.2) is 44.4 Å². The number of halogens is 1. The van der Waals surface area contributed by atoms with Gasteiger partial charge in [-0.05, 0) is 43.7 Å². The molecule has 0 amide bonds. The highest BCUT2D eigenvalue weighted by molar-refractivity contribution is 7.99. The lowest BCUT2D eigenvalue weighted by Gasteiger charge is -2.07. The van der Waals surface area contributed by atoms with Crippen LogP contribution < -0.4 is 0 Å². The molecule has 1 N–H and O–H groups in total. The van der Waals surface area contributed by atoms with Gasteiger partial charge in [0.1, 0.15) is 0 Å². The molecule has 0 atom stereocenters. The Bertz CT molecular complexity index is 1100. The molecule has 9 heteroatoms. The van der Waals surface area contributed by atoms with E-state index < -0.39 is 5.97 Å². The standard InChI is InChI=1S/C21H21ClN4O3S/c1-5-10-26-19(14-6-8-15(22)9-7-14)24-25-21(26)30-11-16(27)18-12(2)17(13(3)23-18)20(28)29-4/h5-9,23H,1,10-11H2,2-4H3. The highest BCUT2D eigenvalue weighted by Crippen LogP contribution is 2.27. The van der Waals surface area contributed by atoms with E-state index in [0.29, 0.717) is 45.1 Å². The predicted octanol–water partition coefficient (Wildman–Crippen LogP) is 4.49. The number of H-pyrrole nitrogens is 1. The Kier molecular flexibility index (Phi) is 6.79. The lowest BCUT2D eigenvalue weighted by Crippen LogP contribution is -2.08. The Labute approximate surface area is 183 Å². The van der Waals surface area contributed by atoms with Crippen molar-refractivity contribution in [3.05, 3.63) is 64.5 Å². The Hall–Kier alpha value is -2.84. The van der Waals surface area contributed by atoms with Crippen LogP contribution >= 0.6 is 23.4 Å². The molecule has 0 aliphatic heterocycles. The molecule has 0 aliphatic carbocycles. The number of hydrogen-bond donors (Lipinski definition) is 1. The van der Waals surface area contributed by atoms with E-state index in [1.165, 1.54) is 18.9 Å². The number of methoxy groups -OCH3 is 1. The third-order valence-electron chi connectivity index (χ3n) is 4.57. The summed E-state index contributed by atoms with van der Waals surface area (Å²) in [5, 5.41) is 9.76. The van der Waals surface area contributed by atoms with E-state index in [0.717, 1.165) is 5.56 Å². The van der Waals surface area contributed by atoms with E-state index >= 15 is 0 Å². The van der Waals surface area contributed by atoms with Crippen molar-refractivity contribution in [2.24, 2.45) is 0 Å². The second-order valence-electron chi connectivity index (χ2n) is 6.54. The number of aromatic amines is 1. The highest BCUT2D eigenvalue weighted by atomic mass is 35.5. The van der Waals surface area contributed by atoms with Crippen LogP contribution in [0, 0.1) is 13.8 Å². The first-order chi connectivity index (χ1) is 14.4. The summed E-state index contributed by atoms with van der Waals surface area (Å²) >= 11 is 7.25. The summed E-state index contributed by atoms with van der Waals surface area (Å²) in [6.07, 6.45) is 1.75. The first-order valence-electron chi connectivity index (χ1n) is 9.10.